The first kappa shape index (κ1) is 8.22. The molecular weight excluding hydrogens is 259 g/mol. The van der Waals surface area contributed by atoms with Crippen LogP contribution < -0.4 is 0 Å². The van der Waals surface area contributed by atoms with Gasteiger partial charge in [-0.1, -0.05) is 6.92 Å². The van der Waals surface area contributed by atoms with Crippen LogP contribution in [-0.2, 0) is 9.47 Å². The molecule has 2 fully saturated rings. The molecule has 0 spiro atoms. The lowest BCUT2D eigenvalue weighted by Crippen LogP contribution is -2.39. The molecule has 0 radical (unpaired) electrons. The third-order valence-corrected chi connectivity index (χ3v) is 4.00. The van der Waals surface area contributed by atoms with Crippen molar-refractivity contribution in [2.75, 3.05) is 13.2 Å². The van der Waals surface area contributed by atoms with Gasteiger partial charge in [-0.15, -0.1) is 0 Å². The summed E-state index contributed by atoms with van der Waals surface area (Å²) in [5, 5.41) is 9.52. The lowest BCUT2D eigenvalue weighted by Gasteiger charge is -2.22. The highest BCUT2D eigenvalue weighted by atomic mass is 127. The Morgan fingerprint density at radius 3 is 2.91 bits per heavy atom. The van der Waals surface area contributed by atoms with Gasteiger partial charge in [0.15, 0.2) is 3.61 Å². The van der Waals surface area contributed by atoms with Crippen molar-refractivity contribution < 1.29 is 14.6 Å². The van der Waals surface area contributed by atoms with Crippen molar-refractivity contribution in [2.45, 2.75) is 22.7 Å². The average molecular weight is 270 g/mol. The van der Waals surface area contributed by atoms with Gasteiger partial charge in [0.05, 0.1) is 13.2 Å². The number of aliphatic hydroxyl groups is 1. The molecule has 0 aromatic heterocycles. The SMILES string of the molecule is CC1CO[C@]2(I)[C@H](O)CO[C@H]12. The van der Waals surface area contributed by atoms with E-state index >= 15 is 0 Å². The Bertz CT molecular complexity index is 175. The standard InChI is InChI=1S/C7H11IO3/c1-4-2-11-7(8)5(9)3-10-6(4)7/h4-6,9H,2-3H2,1H3/t4?,5-,6-,7-/m1/s1. The van der Waals surface area contributed by atoms with E-state index in [0.29, 0.717) is 19.1 Å². The van der Waals surface area contributed by atoms with Gasteiger partial charge in [0, 0.05) is 5.92 Å². The fraction of sp³-hybridized carbons (Fsp3) is 1.00. The Labute approximate surface area is 79.2 Å². The molecule has 1 unspecified atom stereocenters. The molecule has 0 saturated carbocycles. The van der Waals surface area contributed by atoms with Gasteiger partial charge < -0.3 is 14.6 Å². The highest BCUT2D eigenvalue weighted by Gasteiger charge is 2.56. The van der Waals surface area contributed by atoms with Gasteiger partial charge in [0.25, 0.3) is 0 Å². The predicted molar refractivity (Wildman–Crippen MR) is 47.6 cm³/mol. The lowest BCUT2D eigenvalue weighted by atomic mass is 10.0. The quantitative estimate of drug-likeness (QED) is 0.516. The predicted octanol–water partition coefficient (Wildman–Crippen LogP) is 0.544. The fourth-order valence-electron chi connectivity index (χ4n) is 1.69. The number of alkyl halides is 1. The summed E-state index contributed by atoms with van der Waals surface area (Å²) >= 11 is 2.16. The average Bonchev–Trinajstić information content (AvgIpc) is 2.39. The first-order chi connectivity index (χ1) is 5.14. The summed E-state index contributed by atoms with van der Waals surface area (Å²) in [4.78, 5) is 0. The minimum atomic E-state index is -0.461. The van der Waals surface area contributed by atoms with Crippen molar-refractivity contribution in [1.29, 1.82) is 0 Å². The van der Waals surface area contributed by atoms with Gasteiger partial charge in [-0.2, -0.15) is 0 Å². The lowest BCUT2D eigenvalue weighted by molar-refractivity contribution is 0.00515. The Hall–Kier alpha value is 0.610. The summed E-state index contributed by atoms with van der Waals surface area (Å²) in [6.45, 7) is 3.20. The molecule has 4 atom stereocenters. The monoisotopic (exact) mass is 270 g/mol. The molecule has 0 amide bonds. The maximum atomic E-state index is 9.52. The summed E-state index contributed by atoms with van der Waals surface area (Å²) in [6.07, 6.45) is -0.379. The molecule has 4 heteroatoms. The number of halogens is 1. The van der Waals surface area contributed by atoms with Gasteiger partial charge >= 0.3 is 0 Å². The molecule has 2 aliphatic heterocycles. The third-order valence-electron chi connectivity index (χ3n) is 2.36. The Kier molecular flexibility index (Phi) is 1.90. The van der Waals surface area contributed by atoms with Crippen LogP contribution in [0.4, 0.5) is 0 Å². The van der Waals surface area contributed by atoms with Crippen LogP contribution in [0, 0.1) is 5.92 Å². The topological polar surface area (TPSA) is 38.7 Å². The number of hydrogen-bond donors (Lipinski definition) is 1. The molecule has 0 aromatic rings. The molecule has 11 heavy (non-hydrogen) atoms. The number of aliphatic hydroxyl groups excluding tert-OH is 1. The molecule has 0 aromatic carbocycles. The maximum absolute atomic E-state index is 9.52. The van der Waals surface area contributed by atoms with E-state index in [4.69, 9.17) is 9.47 Å². The second kappa shape index (κ2) is 2.55. The summed E-state index contributed by atoms with van der Waals surface area (Å²) in [5.41, 5.74) is 0. The molecule has 2 heterocycles. The molecule has 0 bridgehead atoms. The van der Waals surface area contributed by atoms with Gasteiger partial charge in [0.2, 0.25) is 0 Å². The van der Waals surface area contributed by atoms with Crippen LogP contribution in [0.3, 0.4) is 0 Å². The highest BCUT2D eigenvalue weighted by molar-refractivity contribution is 14.1. The van der Waals surface area contributed by atoms with E-state index in [-0.39, 0.29) is 6.10 Å². The molecular formula is C7H11IO3. The number of hydrogen-bond acceptors (Lipinski definition) is 3. The molecule has 3 nitrogen and oxygen atoms in total. The molecule has 64 valence electrons. The highest BCUT2D eigenvalue weighted by Crippen LogP contribution is 2.45. The summed E-state index contributed by atoms with van der Waals surface area (Å²) in [7, 11) is 0. The van der Waals surface area contributed by atoms with Crippen molar-refractivity contribution in [2.24, 2.45) is 5.92 Å². The zero-order valence-electron chi connectivity index (χ0n) is 6.29. The van der Waals surface area contributed by atoms with E-state index in [0.717, 1.165) is 0 Å². The van der Waals surface area contributed by atoms with Gasteiger partial charge in [-0.05, 0) is 22.6 Å². The van der Waals surface area contributed by atoms with Crippen LogP contribution in [-0.4, -0.2) is 34.1 Å². The van der Waals surface area contributed by atoms with Crippen molar-refractivity contribution in [3.05, 3.63) is 0 Å². The molecule has 2 aliphatic rings. The van der Waals surface area contributed by atoms with Crippen molar-refractivity contribution in [3.8, 4) is 0 Å². The van der Waals surface area contributed by atoms with Crippen LogP contribution in [0.5, 0.6) is 0 Å². The largest absolute Gasteiger partial charge is 0.387 e. The Balaban J connectivity index is 2.23. The Morgan fingerprint density at radius 1 is 1.55 bits per heavy atom. The van der Waals surface area contributed by atoms with E-state index in [1.165, 1.54) is 0 Å². The fourth-order valence-corrected chi connectivity index (χ4v) is 2.84. The first-order valence-corrected chi connectivity index (χ1v) is 4.85. The van der Waals surface area contributed by atoms with Crippen LogP contribution in [0.2, 0.25) is 0 Å². The molecule has 0 aliphatic carbocycles. The van der Waals surface area contributed by atoms with Gasteiger partial charge in [-0.25, -0.2) is 0 Å². The van der Waals surface area contributed by atoms with E-state index in [2.05, 4.69) is 29.5 Å². The molecule has 1 N–H and O–H groups in total. The number of fused-ring (bicyclic) bond motifs is 1. The minimum Gasteiger partial charge on any atom is -0.387 e. The van der Waals surface area contributed by atoms with E-state index < -0.39 is 9.71 Å². The Morgan fingerprint density at radius 2 is 2.27 bits per heavy atom. The molecule has 2 rings (SSSR count). The summed E-state index contributed by atoms with van der Waals surface area (Å²) < 4.78 is 10.5. The smallest absolute Gasteiger partial charge is 0.173 e. The zero-order valence-corrected chi connectivity index (χ0v) is 8.45. The van der Waals surface area contributed by atoms with Crippen LogP contribution in [0.25, 0.3) is 0 Å². The number of rotatable bonds is 0. The normalized spacial score (nSPS) is 56.5. The minimum absolute atomic E-state index is 0.0816. The summed E-state index contributed by atoms with van der Waals surface area (Å²) in [6, 6.07) is 0. The zero-order chi connectivity index (χ0) is 8.06. The van der Waals surface area contributed by atoms with Gasteiger partial charge in [-0.3, -0.25) is 0 Å². The maximum Gasteiger partial charge on any atom is 0.173 e. The van der Waals surface area contributed by atoms with E-state index in [1.807, 2.05) is 0 Å². The van der Waals surface area contributed by atoms with Gasteiger partial charge in [0.1, 0.15) is 12.2 Å². The van der Waals surface area contributed by atoms with Crippen LogP contribution in [0.1, 0.15) is 6.92 Å². The first-order valence-electron chi connectivity index (χ1n) is 3.77. The number of ether oxygens (including phenoxy) is 2. The second-order valence-electron chi connectivity index (χ2n) is 3.26. The third kappa shape index (κ3) is 1.03. The van der Waals surface area contributed by atoms with E-state index in [9.17, 15) is 5.11 Å². The van der Waals surface area contributed by atoms with Crippen molar-refractivity contribution >= 4 is 22.6 Å². The molecule has 2 saturated heterocycles. The second-order valence-corrected chi connectivity index (χ2v) is 4.94. The van der Waals surface area contributed by atoms with Crippen molar-refractivity contribution in [3.63, 3.8) is 0 Å². The summed E-state index contributed by atoms with van der Waals surface area (Å²) in [5.74, 6) is 0.407. The van der Waals surface area contributed by atoms with Crippen molar-refractivity contribution in [1.82, 2.24) is 0 Å². The van der Waals surface area contributed by atoms with E-state index in [1.54, 1.807) is 0 Å². The van der Waals surface area contributed by atoms with Crippen LogP contribution in [0.15, 0.2) is 0 Å². The van der Waals surface area contributed by atoms with Crippen LogP contribution >= 0.6 is 22.6 Å².